The van der Waals surface area contributed by atoms with Crippen LogP contribution in [0.1, 0.15) is 22.6 Å². The van der Waals surface area contributed by atoms with Gasteiger partial charge in [-0.2, -0.15) is 0 Å². The molecular weight excluding hydrogens is 867 g/mol. The lowest BCUT2D eigenvalue weighted by atomic mass is 9.88. The maximum Gasteiger partial charge on any atom is 0.137 e. The zero-order valence-corrected chi connectivity index (χ0v) is 39.5. The molecule has 4 heteroatoms. The van der Waals surface area contributed by atoms with Gasteiger partial charge in [0.15, 0.2) is 0 Å². The van der Waals surface area contributed by atoms with Crippen LogP contribution < -0.4 is 15.3 Å². The molecule has 11 aromatic carbocycles. The van der Waals surface area contributed by atoms with Crippen LogP contribution in [-0.4, -0.2) is 8.80 Å². The Labute approximate surface area is 406 Å². The van der Waals surface area contributed by atoms with Crippen LogP contribution in [0, 0.1) is 0 Å². The Morgan fingerprint density at radius 1 is 0.357 bits per heavy atom. The molecule has 13 aromatic rings. The Kier molecular flexibility index (Phi) is 8.51. The number of para-hydroxylation sites is 2. The average Bonchev–Trinajstić information content (AvgIpc) is 4.15. The van der Waals surface area contributed by atoms with E-state index < -0.39 is 8.80 Å². The second kappa shape index (κ2) is 15.1. The fourth-order valence-electron chi connectivity index (χ4n) is 12.1. The van der Waals surface area contributed by atoms with Crippen LogP contribution in [0.15, 0.2) is 239 Å². The van der Waals surface area contributed by atoms with Crippen LogP contribution in [-0.2, 0) is 0 Å². The smallest absolute Gasteiger partial charge is 0.137 e. The van der Waals surface area contributed by atoms with E-state index in [9.17, 15) is 0 Å². The average molecular weight is 910 g/mol. The molecule has 0 N–H and O–H groups in total. The quantitative estimate of drug-likeness (QED) is 0.156. The summed E-state index contributed by atoms with van der Waals surface area (Å²) in [6.45, 7) is 2.51. The third-order valence-electron chi connectivity index (χ3n) is 15.4. The highest BCUT2D eigenvalue weighted by atomic mass is 28.3. The molecule has 3 nitrogen and oxygen atoms in total. The maximum atomic E-state index is 6.42. The Balaban J connectivity index is 0.816. The lowest BCUT2D eigenvalue weighted by Gasteiger charge is -2.25. The van der Waals surface area contributed by atoms with Crippen molar-refractivity contribution in [2.75, 3.05) is 4.90 Å². The summed E-state index contributed by atoms with van der Waals surface area (Å²) in [5.41, 5.74) is 20.9. The fraction of sp³-hybridized carbons (Fsp3) is 0.0303. The zero-order valence-electron chi connectivity index (χ0n) is 38.4. The molecule has 1 aliphatic heterocycles. The molecule has 0 bridgehead atoms. The van der Waals surface area contributed by atoms with Crippen LogP contribution in [0.4, 0.5) is 17.1 Å². The standard InChI is InChI=1S/C66H43NO2Si/c1-70-64-21-10-7-18-53(64)55-31-25-45-36-59-58(39-56(45)66(55)70)57-35-44(24-30-54(57)65(59)41-12-3-2-4-13-41)43-15-11-14-42(34-43)40-22-26-46(27-23-40)67(47-28-32-51-49-16-5-8-19-60(49)68-62(51)37-47)48-29-33-52-50-17-6-9-20-61(50)69-63(52)38-48/h2-39,65,70H,1H3. The molecule has 0 radical (unpaired) electrons. The molecule has 3 heterocycles. The molecule has 0 fully saturated rings. The summed E-state index contributed by atoms with van der Waals surface area (Å²) in [5.74, 6) is 0.176. The molecule has 1 aliphatic carbocycles. The predicted octanol–water partition coefficient (Wildman–Crippen LogP) is 16.6. The van der Waals surface area contributed by atoms with Crippen LogP contribution in [0.3, 0.4) is 0 Å². The van der Waals surface area contributed by atoms with Crippen molar-refractivity contribution in [3.63, 3.8) is 0 Å². The van der Waals surface area contributed by atoms with Crippen LogP contribution in [0.5, 0.6) is 0 Å². The lowest BCUT2D eigenvalue weighted by Crippen LogP contribution is -2.34. The Morgan fingerprint density at radius 3 is 1.67 bits per heavy atom. The van der Waals surface area contributed by atoms with Gasteiger partial charge in [-0.25, -0.2) is 0 Å². The molecule has 0 saturated heterocycles. The fourth-order valence-corrected chi connectivity index (χ4v) is 15.0. The van der Waals surface area contributed by atoms with E-state index in [1.54, 1.807) is 10.4 Å². The van der Waals surface area contributed by atoms with Gasteiger partial charge in [-0.3, -0.25) is 0 Å². The van der Waals surface area contributed by atoms with Gasteiger partial charge < -0.3 is 13.7 Å². The minimum atomic E-state index is -1.36. The van der Waals surface area contributed by atoms with E-state index in [-0.39, 0.29) is 5.92 Å². The molecular formula is C66H43NO2Si. The van der Waals surface area contributed by atoms with Gasteiger partial charge in [0.25, 0.3) is 0 Å². The highest BCUT2D eigenvalue weighted by Gasteiger charge is 2.33. The number of benzene rings is 11. The second-order valence-electron chi connectivity index (χ2n) is 19.2. The van der Waals surface area contributed by atoms with E-state index in [4.69, 9.17) is 8.83 Å². The van der Waals surface area contributed by atoms with E-state index in [0.29, 0.717) is 0 Å². The van der Waals surface area contributed by atoms with Crippen molar-refractivity contribution < 1.29 is 8.83 Å². The second-order valence-corrected chi connectivity index (χ2v) is 21.8. The maximum absolute atomic E-state index is 6.42. The highest BCUT2D eigenvalue weighted by molar-refractivity contribution is 6.90. The topological polar surface area (TPSA) is 29.5 Å². The molecule has 328 valence electrons. The largest absolute Gasteiger partial charge is 0.456 e. The van der Waals surface area contributed by atoms with Crippen molar-refractivity contribution in [1.82, 2.24) is 0 Å². The number of furan rings is 2. The summed E-state index contributed by atoms with van der Waals surface area (Å²) < 4.78 is 12.8. The number of hydrogen-bond donors (Lipinski definition) is 0. The summed E-state index contributed by atoms with van der Waals surface area (Å²) in [4.78, 5) is 2.30. The van der Waals surface area contributed by atoms with Crippen molar-refractivity contribution in [1.29, 1.82) is 0 Å². The summed E-state index contributed by atoms with van der Waals surface area (Å²) in [5, 5.41) is 10.4. The Morgan fingerprint density at radius 2 is 0.943 bits per heavy atom. The molecule has 2 unspecified atom stereocenters. The molecule has 70 heavy (non-hydrogen) atoms. The summed E-state index contributed by atoms with van der Waals surface area (Å²) >= 11 is 0. The van der Waals surface area contributed by atoms with Crippen LogP contribution >= 0.6 is 0 Å². The van der Waals surface area contributed by atoms with Gasteiger partial charge in [-0.1, -0.05) is 157 Å². The van der Waals surface area contributed by atoms with Crippen molar-refractivity contribution in [3.8, 4) is 44.5 Å². The third kappa shape index (κ3) is 5.93. The first-order valence-corrected chi connectivity index (χ1v) is 26.6. The van der Waals surface area contributed by atoms with Gasteiger partial charge in [-0.05, 0) is 150 Å². The van der Waals surface area contributed by atoms with Crippen LogP contribution in [0.2, 0.25) is 6.55 Å². The van der Waals surface area contributed by atoms with E-state index in [2.05, 4.69) is 218 Å². The predicted molar refractivity (Wildman–Crippen MR) is 295 cm³/mol. The molecule has 0 amide bonds. The summed E-state index contributed by atoms with van der Waals surface area (Å²) in [7, 11) is -1.36. The van der Waals surface area contributed by atoms with Crippen molar-refractivity contribution in [2.24, 2.45) is 0 Å². The van der Waals surface area contributed by atoms with Crippen molar-refractivity contribution >= 4 is 90.9 Å². The first-order valence-electron chi connectivity index (χ1n) is 24.3. The van der Waals surface area contributed by atoms with Gasteiger partial charge >= 0.3 is 0 Å². The number of rotatable bonds is 6. The van der Waals surface area contributed by atoms with E-state index in [1.165, 1.54) is 66.4 Å². The number of anilines is 3. The molecule has 2 aliphatic rings. The molecule has 2 aromatic heterocycles. The lowest BCUT2D eigenvalue weighted by molar-refractivity contribution is 0.669. The first kappa shape index (κ1) is 39.3. The Bertz CT molecular complexity index is 4160. The molecule has 2 atom stereocenters. The monoisotopic (exact) mass is 909 g/mol. The minimum absolute atomic E-state index is 0.176. The Hall–Kier alpha value is -8.70. The first-order chi connectivity index (χ1) is 34.6. The molecule has 15 rings (SSSR count). The SMILES string of the molecule is C[SiH]1c2ccccc2-c2ccc3cc4c(cc3c21)-c1cc(-c2cccc(-c3ccc(N(c5ccc6c(c5)oc5ccccc56)c5ccc6c(c5)oc5ccccc56)cc3)c2)ccc1C4c1ccccc1. The summed E-state index contributed by atoms with van der Waals surface area (Å²) in [6, 6.07) is 84.7. The van der Waals surface area contributed by atoms with Gasteiger partial charge in [0, 0.05) is 56.7 Å². The van der Waals surface area contributed by atoms with Gasteiger partial charge in [0.1, 0.15) is 31.1 Å². The summed E-state index contributed by atoms with van der Waals surface area (Å²) in [6.07, 6.45) is 0. The van der Waals surface area contributed by atoms with E-state index in [1.807, 2.05) is 24.3 Å². The van der Waals surface area contributed by atoms with Gasteiger partial charge in [0.05, 0.1) is 0 Å². The van der Waals surface area contributed by atoms with Gasteiger partial charge in [0.2, 0.25) is 0 Å². The van der Waals surface area contributed by atoms with Crippen LogP contribution in [0.25, 0.3) is 99.2 Å². The van der Waals surface area contributed by atoms with E-state index in [0.717, 1.165) is 66.5 Å². The van der Waals surface area contributed by atoms with E-state index >= 15 is 0 Å². The van der Waals surface area contributed by atoms with Crippen molar-refractivity contribution in [2.45, 2.75) is 12.5 Å². The number of fused-ring (bicyclic) bond motifs is 14. The third-order valence-corrected chi connectivity index (χ3v) is 18.3. The zero-order chi connectivity index (χ0) is 46.0. The number of nitrogens with zero attached hydrogens (tertiary/aromatic N) is 1. The molecule has 0 saturated carbocycles. The minimum Gasteiger partial charge on any atom is -0.456 e. The normalized spacial score (nSPS) is 14.6. The van der Waals surface area contributed by atoms with Crippen molar-refractivity contribution in [3.05, 3.63) is 247 Å². The van der Waals surface area contributed by atoms with Gasteiger partial charge in [-0.15, -0.1) is 0 Å². The number of hydrogen-bond acceptors (Lipinski definition) is 3. The molecule has 0 spiro atoms. The highest BCUT2D eigenvalue weighted by Crippen LogP contribution is 2.51.